The van der Waals surface area contributed by atoms with Gasteiger partial charge in [-0.1, -0.05) is 0 Å². The molecule has 0 aromatic carbocycles. The highest BCUT2D eigenvalue weighted by Gasteiger charge is 2.28. The summed E-state index contributed by atoms with van der Waals surface area (Å²) < 4.78 is 0. The number of hydrogen-bond acceptors (Lipinski definition) is 7. The third-order valence-corrected chi connectivity index (χ3v) is 4.31. The van der Waals surface area contributed by atoms with Gasteiger partial charge in [-0.2, -0.15) is 0 Å². The fraction of sp³-hybridized carbons (Fsp3) is 0.778. The van der Waals surface area contributed by atoms with Crippen molar-refractivity contribution in [1.82, 2.24) is 16.0 Å². The predicted molar refractivity (Wildman–Crippen MR) is 109 cm³/mol. The first-order valence-corrected chi connectivity index (χ1v) is 9.93. The molecule has 0 saturated carbocycles. The third kappa shape index (κ3) is 11.4. The summed E-state index contributed by atoms with van der Waals surface area (Å²) in [6.07, 6.45) is 2.95. The Morgan fingerprint density at radius 3 is 1.69 bits per heavy atom. The Morgan fingerprint density at radius 1 is 0.759 bits per heavy atom. The van der Waals surface area contributed by atoms with E-state index >= 15 is 0 Å². The van der Waals surface area contributed by atoms with Crippen molar-refractivity contribution in [3.63, 3.8) is 0 Å². The van der Waals surface area contributed by atoms with Crippen LogP contribution in [-0.4, -0.2) is 66.1 Å². The fourth-order valence-corrected chi connectivity index (χ4v) is 2.49. The Bertz CT molecular complexity index is 543. The van der Waals surface area contributed by atoms with Crippen LogP contribution in [0.2, 0.25) is 0 Å². The zero-order chi connectivity index (χ0) is 22.4. The number of unbranched alkanes of at least 4 members (excludes halogenated alkanes) is 2. The zero-order valence-corrected chi connectivity index (χ0v) is 17.3. The van der Waals surface area contributed by atoms with Crippen LogP contribution >= 0.6 is 0 Å². The largest absolute Gasteiger partial charge is 0.480 e. The molecule has 0 aliphatic carbocycles. The molecule has 0 rings (SSSR count). The summed E-state index contributed by atoms with van der Waals surface area (Å²) in [5.41, 5.74) is 16.4. The minimum atomic E-state index is -1.15. The first kappa shape index (κ1) is 26.8. The molecule has 3 amide bonds. The molecular formula is C18H36N6O5. The molecule has 4 atom stereocenters. The lowest BCUT2D eigenvalue weighted by Gasteiger charge is -2.23. The quantitative estimate of drug-likeness (QED) is 0.151. The van der Waals surface area contributed by atoms with Crippen molar-refractivity contribution in [1.29, 1.82) is 0 Å². The molecule has 0 spiro atoms. The van der Waals surface area contributed by atoms with Gasteiger partial charge in [0.15, 0.2) is 0 Å². The second kappa shape index (κ2) is 14.7. The average molecular weight is 417 g/mol. The van der Waals surface area contributed by atoms with Crippen LogP contribution in [0.3, 0.4) is 0 Å². The molecular weight excluding hydrogens is 380 g/mol. The molecule has 4 unspecified atom stereocenters. The van der Waals surface area contributed by atoms with Gasteiger partial charge in [0.2, 0.25) is 17.7 Å². The number of hydrogen-bond donors (Lipinski definition) is 7. The first-order valence-electron chi connectivity index (χ1n) is 9.93. The Balaban J connectivity index is 5.03. The minimum Gasteiger partial charge on any atom is -0.480 e. The van der Waals surface area contributed by atoms with Crippen LogP contribution in [0.4, 0.5) is 0 Å². The van der Waals surface area contributed by atoms with E-state index in [9.17, 15) is 24.3 Å². The lowest BCUT2D eigenvalue weighted by atomic mass is 10.1. The normalized spacial score (nSPS) is 14.9. The van der Waals surface area contributed by atoms with Crippen molar-refractivity contribution in [3.05, 3.63) is 0 Å². The van der Waals surface area contributed by atoms with Crippen LogP contribution in [0.25, 0.3) is 0 Å². The van der Waals surface area contributed by atoms with Crippen LogP contribution in [0.5, 0.6) is 0 Å². The predicted octanol–water partition coefficient (Wildman–Crippen LogP) is -1.85. The summed E-state index contributed by atoms with van der Waals surface area (Å²) >= 11 is 0. The molecule has 0 heterocycles. The average Bonchev–Trinajstić information content (AvgIpc) is 2.65. The molecule has 0 fully saturated rings. The maximum absolute atomic E-state index is 12.6. The van der Waals surface area contributed by atoms with Crippen molar-refractivity contribution in [3.8, 4) is 0 Å². The van der Waals surface area contributed by atoms with Crippen LogP contribution in [-0.2, 0) is 19.2 Å². The topological polar surface area (TPSA) is 203 Å². The van der Waals surface area contributed by atoms with Crippen LogP contribution in [0.15, 0.2) is 0 Å². The Labute approximate surface area is 171 Å². The number of carbonyl (C=O) groups is 4. The van der Waals surface area contributed by atoms with Crippen LogP contribution < -0.4 is 33.2 Å². The highest BCUT2D eigenvalue weighted by atomic mass is 16.4. The van der Waals surface area contributed by atoms with Crippen molar-refractivity contribution in [2.24, 2.45) is 17.2 Å². The summed E-state index contributed by atoms with van der Waals surface area (Å²) in [5, 5.41) is 16.8. The number of carboxylic acid groups (broad SMARTS) is 1. The fourth-order valence-electron chi connectivity index (χ4n) is 2.49. The molecule has 0 aromatic rings. The molecule has 0 saturated heterocycles. The number of nitrogens with two attached hydrogens (primary N) is 3. The van der Waals surface area contributed by atoms with Gasteiger partial charge in [-0.15, -0.1) is 0 Å². The van der Waals surface area contributed by atoms with Crippen molar-refractivity contribution in [2.45, 2.75) is 76.5 Å². The first-order chi connectivity index (χ1) is 13.6. The van der Waals surface area contributed by atoms with E-state index in [1.807, 2.05) is 0 Å². The SMILES string of the molecule is CC(N)C(=O)NC(C)C(=O)NC(CCCCN)C(=O)NC(CCCCN)C(=O)O. The van der Waals surface area contributed by atoms with Gasteiger partial charge in [-0.25, -0.2) is 4.79 Å². The van der Waals surface area contributed by atoms with Crippen molar-refractivity contribution >= 4 is 23.7 Å². The second-order valence-corrected chi connectivity index (χ2v) is 7.05. The lowest BCUT2D eigenvalue weighted by molar-refractivity contribution is -0.142. The number of rotatable bonds is 15. The summed E-state index contributed by atoms with van der Waals surface area (Å²) in [6.45, 7) is 3.82. The van der Waals surface area contributed by atoms with E-state index in [1.165, 1.54) is 13.8 Å². The summed E-state index contributed by atoms with van der Waals surface area (Å²) in [6, 6.07) is -3.70. The monoisotopic (exact) mass is 416 g/mol. The second-order valence-electron chi connectivity index (χ2n) is 7.05. The molecule has 11 heteroatoms. The number of carbonyl (C=O) groups excluding carboxylic acids is 3. The van der Waals surface area contributed by atoms with E-state index in [4.69, 9.17) is 17.2 Å². The molecule has 0 aliphatic heterocycles. The van der Waals surface area contributed by atoms with Crippen molar-refractivity contribution in [2.75, 3.05) is 13.1 Å². The molecule has 0 aliphatic rings. The van der Waals surface area contributed by atoms with Crippen molar-refractivity contribution < 1.29 is 24.3 Å². The minimum absolute atomic E-state index is 0.239. The van der Waals surface area contributed by atoms with Gasteiger partial charge in [-0.3, -0.25) is 14.4 Å². The number of aliphatic carboxylic acids is 1. The highest BCUT2D eigenvalue weighted by Crippen LogP contribution is 2.05. The van der Waals surface area contributed by atoms with Gasteiger partial charge in [-0.05, 0) is 65.5 Å². The number of nitrogens with one attached hydrogen (secondary N) is 3. The van der Waals surface area contributed by atoms with Gasteiger partial charge in [0.1, 0.15) is 18.1 Å². The third-order valence-electron chi connectivity index (χ3n) is 4.31. The summed E-state index contributed by atoms with van der Waals surface area (Å²) in [5.74, 6) is -2.81. The molecule has 11 nitrogen and oxygen atoms in total. The van der Waals surface area contributed by atoms with Crippen LogP contribution in [0, 0.1) is 0 Å². The molecule has 0 radical (unpaired) electrons. The molecule has 0 aromatic heterocycles. The lowest BCUT2D eigenvalue weighted by Crippen LogP contribution is -2.56. The number of carboxylic acids is 1. The zero-order valence-electron chi connectivity index (χ0n) is 17.3. The Hall–Kier alpha value is -2.24. The van der Waals surface area contributed by atoms with E-state index in [1.54, 1.807) is 0 Å². The Morgan fingerprint density at radius 2 is 1.24 bits per heavy atom. The van der Waals surface area contributed by atoms with Crippen LogP contribution in [0.1, 0.15) is 52.4 Å². The van der Waals surface area contributed by atoms with Gasteiger partial charge in [0, 0.05) is 0 Å². The highest BCUT2D eigenvalue weighted by molar-refractivity contribution is 5.93. The molecule has 0 bridgehead atoms. The van der Waals surface area contributed by atoms with Gasteiger partial charge < -0.3 is 38.3 Å². The van der Waals surface area contributed by atoms with Gasteiger partial charge in [0.25, 0.3) is 0 Å². The molecule has 29 heavy (non-hydrogen) atoms. The van der Waals surface area contributed by atoms with E-state index in [-0.39, 0.29) is 12.8 Å². The van der Waals surface area contributed by atoms with E-state index in [2.05, 4.69) is 16.0 Å². The summed E-state index contributed by atoms with van der Waals surface area (Å²) in [4.78, 5) is 48.1. The Kier molecular flexibility index (Phi) is 13.6. The number of amides is 3. The maximum atomic E-state index is 12.6. The van der Waals surface area contributed by atoms with E-state index in [0.717, 1.165) is 0 Å². The van der Waals surface area contributed by atoms with E-state index in [0.29, 0.717) is 38.8 Å². The smallest absolute Gasteiger partial charge is 0.326 e. The molecule has 10 N–H and O–H groups in total. The maximum Gasteiger partial charge on any atom is 0.326 e. The van der Waals surface area contributed by atoms with E-state index < -0.39 is 47.9 Å². The van der Waals surface area contributed by atoms with Gasteiger partial charge in [0.05, 0.1) is 6.04 Å². The standard InChI is InChI=1S/C18H36N6O5/c1-11(21)15(25)22-12(2)16(26)23-13(7-3-5-9-19)17(27)24-14(18(28)29)8-4-6-10-20/h11-14H,3-10,19-21H2,1-2H3,(H,22,25)(H,23,26)(H,24,27)(H,28,29). The van der Waals surface area contributed by atoms with Gasteiger partial charge >= 0.3 is 5.97 Å². The summed E-state index contributed by atoms with van der Waals surface area (Å²) in [7, 11) is 0. The molecule has 168 valence electrons.